The number of amides is 1. The standard InChI is InChI=1S/C17H24N2O2/c1-4-15-14(13-7-5-6-8-16(13)21-15)11-18-9-10-19-17(20)12(2)3/h5-8,12,18H,4,9-11H2,1-3H3,(H,19,20). The van der Waals surface area contributed by atoms with E-state index in [-0.39, 0.29) is 11.8 Å². The van der Waals surface area contributed by atoms with Crippen molar-refractivity contribution in [3.63, 3.8) is 0 Å². The van der Waals surface area contributed by atoms with Gasteiger partial charge < -0.3 is 15.1 Å². The van der Waals surface area contributed by atoms with Gasteiger partial charge in [-0.05, 0) is 6.07 Å². The minimum absolute atomic E-state index is 0.0366. The highest BCUT2D eigenvalue weighted by atomic mass is 16.3. The molecule has 0 aliphatic heterocycles. The molecule has 2 rings (SSSR count). The first-order valence-corrected chi connectivity index (χ1v) is 7.61. The van der Waals surface area contributed by atoms with Crippen LogP contribution < -0.4 is 10.6 Å². The zero-order valence-electron chi connectivity index (χ0n) is 13.0. The van der Waals surface area contributed by atoms with E-state index in [1.807, 2.05) is 32.0 Å². The van der Waals surface area contributed by atoms with Gasteiger partial charge in [0.2, 0.25) is 5.91 Å². The number of carbonyl (C=O) groups excluding carboxylic acids is 1. The number of fused-ring (bicyclic) bond motifs is 1. The molecule has 0 fully saturated rings. The van der Waals surface area contributed by atoms with Crippen LogP contribution in [0.15, 0.2) is 28.7 Å². The van der Waals surface area contributed by atoms with Gasteiger partial charge in [0.05, 0.1) is 0 Å². The van der Waals surface area contributed by atoms with Crippen LogP contribution in [0.2, 0.25) is 0 Å². The zero-order chi connectivity index (χ0) is 15.2. The lowest BCUT2D eigenvalue weighted by Gasteiger charge is -2.08. The normalized spacial score (nSPS) is 11.2. The number of aryl methyl sites for hydroxylation is 1. The van der Waals surface area contributed by atoms with Gasteiger partial charge in [0.1, 0.15) is 11.3 Å². The lowest BCUT2D eigenvalue weighted by molar-refractivity contribution is -0.123. The molecule has 21 heavy (non-hydrogen) atoms. The average molecular weight is 288 g/mol. The molecule has 0 radical (unpaired) electrons. The molecular formula is C17H24N2O2. The number of nitrogens with one attached hydrogen (secondary N) is 2. The maximum atomic E-state index is 11.5. The number of hydrogen-bond acceptors (Lipinski definition) is 3. The van der Waals surface area contributed by atoms with Crippen molar-refractivity contribution >= 4 is 16.9 Å². The molecule has 4 nitrogen and oxygen atoms in total. The van der Waals surface area contributed by atoms with E-state index >= 15 is 0 Å². The van der Waals surface area contributed by atoms with Crippen molar-refractivity contribution in [1.82, 2.24) is 10.6 Å². The largest absolute Gasteiger partial charge is 0.461 e. The van der Waals surface area contributed by atoms with E-state index in [1.165, 1.54) is 10.9 Å². The Kier molecular flexibility index (Phi) is 5.39. The lowest BCUT2D eigenvalue weighted by atomic mass is 10.1. The summed E-state index contributed by atoms with van der Waals surface area (Å²) in [5, 5.41) is 7.45. The van der Waals surface area contributed by atoms with Crippen molar-refractivity contribution in [2.45, 2.75) is 33.7 Å². The van der Waals surface area contributed by atoms with Crippen LogP contribution in [0.3, 0.4) is 0 Å². The van der Waals surface area contributed by atoms with Gasteiger partial charge in [0, 0.05) is 42.9 Å². The minimum Gasteiger partial charge on any atom is -0.461 e. The van der Waals surface area contributed by atoms with Crippen molar-refractivity contribution in [2.75, 3.05) is 13.1 Å². The van der Waals surface area contributed by atoms with E-state index in [0.717, 1.165) is 30.9 Å². The van der Waals surface area contributed by atoms with Crippen LogP contribution >= 0.6 is 0 Å². The lowest BCUT2D eigenvalue weighted by Crippen LogP contribution is -2.34. The molecule has 0 saturated carbocycles. The molecule has 1 amide bonds. The second-order valence-corrected chi connectivity index (χ2v) is 5.48. The van der Waals surface area contributed by atoms with Crippen LogP contribution in [0.5, 0.6) is 0 Å². The van der Waals surface area contributed by atoms with Crippen molar-refractivity contribution in [3.05, 3.63) is 35.6 Å². The highest BCUT2D eigenvalue weighted by molar-refractivity contribution is 5.82. The van der Waals surface area contributed by atoms with Crippen LogP contribution in [0, 0.1) is 5.92 Å². The number of benzene rings is 1. The molecule has 0 unspecified atom stereocenters. The first kappa shape index (κ1) is 15.6. The number of rotatable bonds is 7. The Balaban J connectivity index is 1.90. The van der Waals surface area contributed by atoms with Gasteiger partial charge in [-0.2, -0.15) is 0 Å². The Hall–Kier alpha value is -1.81. The first-order valence-electron chi connectivity index (χ1n) is 7.61. The molecule has 114 valence electrons. The first-order chi connectivity index (χ1) is 10.1. The molecule has 1 aromatic heterocycles. The molecule has 2 aromatic rings. The summed E-state index contributed by atoms with van der Waals surface area (Å²) in [4.78, 5) is 11.5. The molecule has 0 bridgehead atoms. The summed E-state index contributed by atoms with van der Waals surface area (Å²) in [6, 6.07) is 8.12. The summed E-state index contributed by atoms with van der Waals surface area (Å²) in [5.41, 5.74) is 2.17. The summed E-state index contributed by atoms with van der Waals surface area (Å²) < 4.78 is 5.87. The molecule has 0 spiro atoms. The minimum atomic E-state index is 0.0366. The predicted molar refractivity (Wildman–Crippen MR) is 85.1 cm³/mol. The topological polar surface area (TPSA) is 54.3 Å². The smallest absolute Gasteiger partial charge is 0.222 e. The second-order valence-electron chi connectivity index (χ2n) is 5.48. The maximum absolute atomic E-state index is 11.5. The van der Waals surface area contributed by atoms with E-state index in [1.54, 1.807) is 0 Å². The number of para-hydroxylation sites is 1. The fourth-order valence-corrected chi connectivity index (χ4v) is 2.32. The molecular weight excluding hydrogens is 264 g/mol. The van der Waals surface area contributed by atoms with Gasteiger partial charge >= 0.3 is 0 Å². The fraction of sp³-hybridized carbons (Fsp3) is 0.471. The molecule has 0 aliphatic rings. The fourth-order valence-electron chi connectivity index (χ4n) is 2.32. The highest BCUT2D eigenvalue weighted by Gasteiger charge is 2.11. The predicted octanol–water partition coefficient (Wildman–Crippen LogP) is 2.86. The van der Waals surface area contributed by atoms with E-state index in [4.69, 9.17) is 4.42 Å². The highest BCUT2D eigenvalue weighted by Crippen LogP contribution is 2.25. The van der Waals surface area contributed by atoms with Gasteiger partial charge in [0.25, 0.3) is 0 Å². The molecule has 0 atom stereocenters. The van der Waals surface area contributed by atoms with Gasteiger partial charge in [0.15, 0.2) is 0 Å². The van der Waals surface area contributed by atoms with Gasteiger partial charge in [-0.3, -0.25) is 4.79 Å². The van der Waals surface area contributed by atoms with Crippen molar-refractivity contribution in [1.29, 1.82) is 0 Å². The summed E-state index contributed by atoms with van der Waals surface area (Å²) in [6.07, 6.45) is 0.885. The summed E-state index contributed by atoms with van der Waals surface area (Å²) in [7, 11) is 0. The van der Waals surface area contributed by atoms with E-state index in [2.05, 4.69) is 23.6 Å². The van der Waals surface area contributed by atoms with Crippen LogP contribution in [0.1, 0.15) is 32.1 Å². The van der Waals surface area contributed by atoms with Crippen molar-refractivity contribution in [2.24, 2.45) is 5.92 Å². The van der Waals surface area contributed by atoms with Crippen LogP contribution in [0.4, 0.5) is 0 Å². The van der Waals surface area contributed by atoms with Gasteiger partial charge in [-0.25, -0.2) is 0 Å². The van der Waals surface area contributed by atoms with Crippen molar-refractivity contribution in [3.8, 4) is 0 Å². The quantitative estimate of drug-likeness (QED) is 0.770. The zero-order valence-corrected chi connectivity index (χ0v) is 13.0. The Morgan fingerprint density at radius 2 is 2.00 bits per heavy atom. The Labute approximate surface area is 125 Å². The Bertz CT molecular complexity index is 602. The van der Waals surface area contributed by atoms with Crippen LogP contribution in [-0.4, -0.2) is 19.0 Å². The van der Waals surface area contributed by atoms with E-state index < -0.39 is 0 Å². The molecule has 1 aromatic carbocycles. The third kappa shape index (κ3) is 3.85. The Morgan fingerprint density at radius 1 is 1.24 bits per heavy atom. The molecule has 1 heterocycles. The third-order valence-corrected chi connectivity index (χ3v) is 3.53. The van der Waals surface area contributed by atoms with Crippen molar-refractivity contribution < 1.29 is 9.21 Å². The summed E-state index contributed by atoms with van der Waals surface area (Å²) in [6.45, 7) is 8.05. The Morgan fingerprint density at radius 3 is 2.71 bits per heavy atom. The molecule has 0 aliphatic carbocycles. The van der Waals surface area contributed by atoms with Gasteiger partial charge in [-0.1, -0.05) is 39.0 Å². The molecule has 2 N–H and O–H groups in total. The maximum Gasteiger partial charge on any atom is 0.222 e. The molecule has 4 heteroatoms. The van der Waals surface area contributed by atoms with Crippen LogP contribution in [-0.2, 0) is 17.8 Å². The summed E-state index contributed by atoms with van der Waals surface area (Å²) >= 11 is 0. The number of furan rings is 1. The van der Waals surface area contributed by atoms with E-state index in [9.17, 15) is 4.79 Å². The third-order valence-electron chi connectivity index (χ3n) is 3.53. The second kappa shape index (κ2) is 7.27. The van der Waals surface area contributed by atoms with E-state index in [0.29, 0.717) is 6.54 Å². The van der Waals surface area contributed by atoms with Crippen LogP contribution in [0.25, 0.3) is 11.0 Å². The van der Waals surface area contributed by atoms with Gasteiger partial charge in [-0.15, -0.1) is 0 Å². The average Bonchev–Trinajstić information content (AvgIpc) is 2.84. The number of hydrogen-bond donors (Lipinski definition) is 2. The molecule has 0 saturated heterocycles. The SMILES string of the molecule is CCc1oc2ccccc2c1CNCCNC(=O)C(C)C. The summed E-state index contributed by atoms with van der Waals surface area (Å²) in [5.74, 6) is 1.17. The number of carbonyl (C=O) groups is 1. The monoisotopic (exact) mass is 288 g/mol.